The van der Waals surface area contributed by atoms with Crippen LogP contribution in [0.3, 0.4) is 0 Å². The molecule has 0 spiro atoms. The molecule has 24 heavy (non-hydrogen) atoms. The predicted molar refractivity (Wildman–Crippen MR) is 92.9 cm³/mol. The summed E-state index contributed by atoms with van der Waals surface area (Å²) in [6.45, 7) is 2.69. The molecule has 1 aromatic heterocycles. The second-order valence-corrected chi connectivity index (χ2v) is 6.70. The zero-order chi connectivity index (χ0) is 17.1. The van der Waals surface area contributed by atoms with Gasteiger partial charge in [-0.25, -0.2) is 9.78 Å². The van der Waals surface area contributed by atoms with Gasteiger partial charge in [-0.15, -0.1) is 0 Å². The number of ether oxygens (including phenoxy) is 2. The summed E-state index contributed by atoms with van der Waals surface area (Å²) >= 11 is 7.47. The number of thiazole rings is 1. The van der Waals surface area contributed by atoms with E-state index < -0.39 is 5.97 Å². The van der Waals surface area contributed by atoms with Gasteiger partial charge in [0.15, 0.2) is 5.13 Å². The van der Waals surface area contributed by atoms with E-state index in [2.05, 4.69) is 9.88 Å². The van der Waals surface area contributed by atoms with Crippen molar-refractivity contribution in [2.24, 2.45) is 0 Å². The number of morpholine rings is 1. The summed E-state index contributed by atoms with van der Waals surface area (Å²) in [5.41, 5.74) is 1.35. The van der Waals surface area contributed by atoms with Gasteiger partial charge in [0, 0.05) is 24.5 Å². The number of aromatic carboxylic acids is 1. The molecule has 128 valence electrons. The van der Waals surface area contributed by atoms with Gasteiger partial charge in [-0.05, 0) is 17.7 Å². The highest BCUT2D eigenvalue weighted by Crippen LogP contribution is 2.31. The van der Waals surface area contributed by atoms with E-state index in [1.165, 1.54) is 11.3 Å². The SMILES string of the molecule is COc1ccc(Cc2nc(N3CCOCC3)sc2C(=O)O)c(Cl)c1. The molecule has 1 aliphatic rings. The fourth-order valence-corrected chi connectivity index (χ4v) is 3.71. The topological polar surface area (TPSA) is 71.9 Å². The molecule has 1 aromatic carbocycles. The van der Waals surface area contributed by atoms with Crippen molar-refractivity contribution in [3.05, 3.63) is 39.4 Å². The number of benzene rings is 1. The number of carboxylic acids is 1. The molecule has 1 N–H and O–H groups in total. The Hall–Kier alpha value is -1.83. The van der Waals surface area contributed by atoms with Gasteiger partial charge < -0.3 is 19.5 Å². The van der Waals surface area contributed by atoms with Crippen LogP contribution in [0.15, 0.2) is 18.2 Å². The Labute approximate surface area is 148 Å². The molecule has 0 amide bonds. The van der Waals surface area contributed by atoms with Crippen LogP contribution in [0.1, 0.15) is 20.9 Å². The van der Waals surface area contributed by atoms with Crippen molar-refractivity contribution in [2.75, 3.05) is 38.3 Å². The number of carbonyl (C=O) groups is 1. The fourth-order valence-electron chi connectivity index (χ4n) is 2.49. The van der Waals surface area contributed by atoms with Crippen molar-refractivity contribution in [1.29, 1.82) is 0 Å². The van der Waals surface area contributed by atoms with Crippen molar-refractivity contribution in [2.45, 2.75) is 6.42 Å². The van der Waals surface area contributed by atoms with Crippen LogP contribution in [0.25, 0.3) is 0 Å². The lowest BCUT2D eigenvalue weighted by Crippen LogP contribution is -2.36. The van der Waals surface area contributed by atoms with Crippen LogP contribution in [0.5, 0.6) is 5.75 Å². The Kier molecular flexibility index (Phi) is 5.23. The minimum absolute atomic E-state index is 0.253. The third-order valence-electron chi connectivity index (χ3n) is 3.78. The first-order valence-corrected chi connectivity index (χ1v) is 8.66. The van der Waals surface area contributed by atoms with Crippen molar-refractivity contribution in [1.82, 2.24) is 4.98 Å². The average molecular weight is 369 g/mol. The number of anilines is 1. The summed E-state index contributed by atoms with van der Waals surface area (Å²) in [4.78, 5) is 18.4. The average Bonchev–Trinajstić information content (AvgIpc) is 3.01. The normalized spacial score (nSPS) is 14.7. The third-order valence-corrected chi connectivity index (χ3v) is 5.28. The Balaban J connectivity index is 1.89. The Morgan fingerprint density at radius 1 is 1.46 bits per heavy atom. The van der Waals surface area contributed by atoms with Crippen LogP contribution >= 0.6 is 22.9 Å². The number of rotatable bonds is 5. The third kappa shape index (κ3) is 3.63. The molecular formula is C16H17ClN2O4S. The summed E-state index contributed by atoms with van der Waals surface area (Å²) in [7, 11) is 1.57. The molecule has 1 saturated heterocycles. The molecule has 0 radical (unpaired) electrons. The smallest absolute Gasteiger partial charge is 0.347 e. The summed E-state index contributed by atoms with van der Waals surface area (Å²) < 4.78 is 10.5. The Morgan fingerprint density at radius 2 is 2.21 bits per heavy atom. The maximum Gasteiger partial charge on any atom is 0.347 e. The second kappa shape index (κ2) is 7.38. The lowest BCUT2D eigenvalue weighted by Gasteiger charge is -2.26. The van der Waals surface area contributed by atoms with Gasteiger partial charge in [-0.2, -0.15) is 0 Å². The molecule has 2 aromatic rings. The minimum Gasteiger partial charge on any atom is -0.497 e. The molecule has 0 aliphatic carbocycles. The fraction of sp³-hybridized carbons (Fsp3) is 0.375. The van der Waals surface area contributed by atoms with Gasteiger partial charge in [0.1, 0.15) is 10.6 Å². The van der Waals surface area contributed by atoms with Gasteiger partial charge in [0.05, 0.1) is 26.0 Å². The van der Waals surface area contributed by atoms with Crippen molar-refractivity contribution >= 4 is 34.0 Å². The van der Waals surface area contributed by atoms with Crippen molar-refractivity contribution in [3.8, 4) is 5.75 Å². The minimum atomic E-state index is -0.966. The van der Waals surface area contributed by atoms with E-state index in [1.807, 2.05) is 6.07 Å². The summed E-state index contributed by atoms with van der Waals surface area (Å²) in [5, 5.41) is 10.7. The first kappa shape index (κ1) is 17.0. The first-order valence-electron chi connectivity index (χ1n) is 7.46. The molecule has 2 heterocycles. The maximum absolute atomic E-state index is 11.6. The monoisotopic (exact) mass is 368 g/mol. The Bertz CT molecular complexity index is 744. The van der Waals surface area contributed by atoms with Gasteiger partial charge in [-0.1, -0.05) is 29.0 Å². The zero-order valence-corrected chi connectivity index (χ0v) is 14.7. The largest absolute Gasteiger partial charge is 0.497 e. The Morgan fingerprint density at radius 3 is 2.83 bits per heavy atom. The summed E-state index contributed by atoms with van der Waals surface area (Å²) in [5.74, 6) is -0.305. The number of halogens is 1. The van der Waals surface area contributed by atoms with E-state index in [-0.39, 0.29) is 4.88 Å². The first-order chi connectivity index (χ1) is 11.6. The van der Waals surface area contributed by atoms with Gasteiger partial charge in [-0.3, -0.25) is 0 Å². The molecule has 8 heteroatoms. The van der Waals surface area contributed by atoms with Crippen LogP contribution in [-0.4, -0.2) is 49.5 Å². The summed E-state index contributed by atoms with van der Waals surface area (Å²) in [6.07, 6.45) is 0.366. The lowest BCUT2D eigenvalue weighted by molar-refractivity contribution is 0.0701. The highest BCUT2D eigenvalue weighted by molar-refractivity contribution is 7.17. The van der Waals surface area contributed by atoms with E-state index in [9.17, 15) is 9.90 Å². The highest BCUT2D eigenvalue weighted by atomic mass is 35.5. The molecular weight excluding hydrogens is 352 g/mol. The van der Waals surface area contributed by atoms with E-state index in [4.69, 9.17) is 21.1 Å². The number of hydrogen-bond acceptors (Lipinski definition) is 6. The van der Waals surface area contributed by atoms with Crippen molar-refractivity contribution < 1.29 is 19.4 Å². The molecule has 6 nitrogen and oxygen atoms in total. The highest BCUT2D eigenvalue weighted by Gasteiger charge is 2.22. The van der Waals surface area contributed by atoms with E-state index in [0.29, 0.717) is 36.1 Å². The molecule has 0 bridgehead atoms. The molecule has 0 atom stereocenters. The number of nitrogens with zero attached hydrogens (tertiary/aromatic N) is 2. The van der Waals surface area contributed by atoms with Crippen LogP contribution in [0.2, 0.25) is 5.02 Å². The number of carboxylic acid groups (broad SMARTS) is 1. The lowest BCUT2D eigenvalue weighted by atomic mass is 10.1. The molecule has 0 saturated carbocycles. The van der Waals surface area contributed by atoms with E-state index in [0.717, 1.165) is 23.8 Å². The molecule has 1 aliphatic heterocycles. The molecule has 3 rings (SSSR count). The standard InChI is InChI=1S/C16H17ClN2O4S/c1-22-11-3-2-10(12(17)9-11)8-13-14(15(20)21)24-16(18-13)19-4-6-23-7-5-19/h2-3,9H,4-8H2,1H3,(H,20,21). The second-order valence-electron chi connectivity index (χ2n) is 5.31. The van der Waals surface area contributed by atoms with Crippen LogP contribution in [0.4, 0.5) is 5.13 Å². The van der Waals surface area contributed by atoms with Gasteiger partial charge >= 0.3 is 5.97 Å². The molecule has 0 unspecified atom stereocenters. The predicted octanol–water partition coefficient (Wildman–Crippen LogP) is 2.93. The van der Waals surface area contributed by atoms with Crippen LogP contribution in [-0.2, 0) is 11.2 Å². The molecule has 1 fully saturated rings. The number of methoxy groups -OCH3 is 1. The van der Waals surface area contributed by atoms with Gasteiger partial charge in [0.2, 0.25) is 0 Å². The number of aromatic nitrogens is 1. The van der Waals surface area contributed by atoms with Crippen LogP contribution in [0, 0.1) is 0 Å². The summed E-state index contributed by atoms with van der Waals surface area (Å²) in [6, 6.07) is 5.35. The van der Waals surface area contributed by atoms with E-state index in [1.54, 1.807) is 19.2 Å². The zero-order valence-electron chi connectivity index (χ0n) is 13.1. The quantitative estimate of drug-likeness (QED) is 0.874. The van der Waals surface area contributed by atoms with Gasteiger partial charge in [0.25, 0.3) is 0 Å². The van der Waals surface area contributed by atoms with Crippen LogP contribution < -0.4 is 9.64 Å². The number of hydrogen-bond donors (Lipinski definition) is 1. The maximum atomic E-state index is 11.6. The van der Waals surface area contributed by atoms with Crippen molar-refractivity contribution in [3.63, 3.8) is 0 Å². The van der Waals surface area contributed by atoms with E-state index >= 15 is 0 Å².